The predicted molar refractivity (Wildman–Crippen MR) is 46.4 cm³/mol. The summed E-state index contributed by atoms with van der Waals surface area (Å²) in [7, 11) is 3.86. The molecule has 1 amide bonds. The fourth-order valence-electron chi connectivity index (χ4n) is 0.819. The Bertz CT molecular complexity index is 143. The molecule has 63 valence electrons. The van der Waals surface area contributed by atoms with E-state index in [9.17, 15) is 4.79 Å². The zero-order valence-electron chi connectivity index (χ0n) is 7.42. The molecule has 0 rings (SSSR count). The van der Waals surface area contributed by atoms with E-state index in [1.54, 1.807) is 0 Å². The summed E-state index contributed by atoms with van der Waals surface area (Å²) in [6, 6.07) is 0. The number of carbonyl (C=O) groups excluding carboxylic acids is 1. The van der Waals surface area contributed by atoms with Crippen LogP contribution in [0.3, 0.4) is 0 Å². The molecule has 1 atom stereocenters. The van der Waals surface area contributed by atoms with E-state index in [0.29, 0.717) is 0 Å². The first-order chi connectivity index (χ1) is 5.11. The van der Waals surface area contributed by atoms with Crippen molar-refractivity contribution < 1.29 is 4.79 Å². The summed E-state index contributed by atoms with van der Waals surface area (Å²) in [5.74, 6) is -0.120. The maximum atomic E-state index is 10.8. The van der Waals surface area contributed by atoms with Gasteiger partial charge in [-0.25, -0.2) is 0 Å². The van der Waals surface area contributed by atoms with Crippen molar-refractivity contribution in [3.8, 4) is 0 Å². The van der Waals surface area contributed by atoms with Crippen molar-refractivity contribution in [2.24, 2.45) is 0 Å². The Morgan fingerprint density at radius 3 is 2.55 bits per heavy atom. The highest BCUT2D eigenvalue weighted by atomic mass is 16.1. The Hall–Kier alpha value is -0.830. The minimum Gasteiger partial charge on any atom is -0.299 e. The number of carbonyl (C=O) groups is 1. The molecule has 0 fully saturated rings. The Morgan fingerprint density at radius 1 is 1.73 bits per heavy atom. The maximum absolute atomic E-state index is 10.8. The van der Waals surface area contributed by atoms with E-state index in [1.807, 2.05) is 25.9 Å². The second kappa shape index (κ2) is 4.91. The van der Waals surface area contributed by atoms with Crippen LogP contribution in [0.25, 0.3) is 0 Å². The molecule has 3 heteroatoms. The van der Waals surface area contributed by atoms with Gasteiger partial charge in [-0.1, -0.05) is 13.5 Å². The van der Waals surface area contributed by atoms with Crippen LogP contribution in [0.4, 0.5) is 0 Å². The van der Waals surface area contributed by atoms with Crippen LogP contribution in [0.15, 0.2) is 12.7 Å². The van der Waals surface area contributed by atoms with Crippen molar-refractivity contribution in [1.82, 2.24) is 10.2 Å². The van der Waals surface area contributed by atoms with Crippen molar-refractivity contribution in [2.45, 2.75) is 19.5 Å². The average molecular weight is 156 g/mol. The van der Waals surface area contributed by atoms with E-state index in [2.05, 4.69) is 11.9 Å². The fourth-order valence-corrected chi connectivity index (χ4v) is 0.819. The molecular weight excluding hydrogens is 140 g/mol. The lowest BCUT2D eigenvalue weighted by Gasteiger charge is -2.13. The normalized spacial score (nSPS) is 12.7. The van der Waals surface area contributed by atoms with E-state index >= 15 is 0 Å². The third-order valence-corrected chi connectivity index (χ3v) is 1.50. The van der Waals surface area contributed by atoms with Gasteiger partial charge in [-0.2, -0.15) is 4.90 Å². The summed E-state index contributed by atoms with van der Waals surface area (Å²) >= 11 is 0. The van der Waals surface area contributed by atoms with Gasteiger partial charge >= 0.3 is 0 Å². The first-order valence-corrected chi connectivity index (χ1v) is 3.71. The molecule has 0 bridgehead atoms. The van der Waals surface area contributed by atoms with Gasteiger partial charge in [-0.15, -0.1) is 0 Å². The first kappa shape index (κ1) is 10.2. The Morgan fingerprint density at radius 2 is 2.27 bits per heavy atom. The molecule has 0 aromatic rings. The summed E-state index contributed by atoms with van der Waals surface area (Å²) in [4.78, 5) is 12.8. The summed E-state index contributed by atoms with van der Waals surface area (Å²) in [6.45, 7) is 5.40. The standard InChI is InChI=1S/C8H16N2O/c1-5-7(10(3)4)9-8(11)6-2/h6-7H,2,5H2,1,3-4H3,(H,9,11)/q+1. The average Bonchev–Trinajstić information content (AvgIpc) is 1.99. The highest BCUT2D eigenvalue weighted by Crippen LogP contribution is 1.90. The van der Waals surface area contributed by atoms with Gasteiger partial charge in [0.15, 0.2) is 0 Å². The van der Waals surface area contributed by atoms with Crippen molar-refractivity contribution >= 4 is 5.91 Å². The molecular formula is C8H16N2O+. The molecule has 0 heterocycles. The molecule has 1 radical (unpaired) electrons. The summed E-state index contributed by atoms with van der Waals surface area (Å²) < 4.78 is 0. The monoisotopic (exact) mass is 156 g/mol. The van der Waals surface area contributed by atoms with Gasteiger partial charge in [-0.05, 0) is 6.08 Å². The smallest absolute Gasteiger partial charge is 0.247 e. The molecule has 0 aliphatic heterocycles. The second-order valence-electron chi connectivity index (χ2n) is 2.60. The van der Waals surface area contributed by atoms with Gasteiger partial charge in [0.2, 0.25) is 12.1 Å². The zero-order valence-corrected chi connectivity index (χ0v) is 7.42. The lowest BCUT2D eigenvalue weighted by Crippen LogP contribution is -2.46. The van der Waals surface area contributed by atoms with E-state index in [4.69, 9.17) is 0 Å². The topological polar surface area (TPSA) is 35.0 Å². The molecule has 0 saturated heterocycles. The third kappa shape index (κ3) is 3.78. The van der Waals surface area contributed by atoms with Crippen LogP contribution in [-0.4, -0.2) is 26.2 Å². The van der Waals surface area contributed by atoms with Crippen LogP contribution in [0.5, 0.6) is 0 Å². The number of nitrogens with one attached hydrogen (secondary N) is 1. The van der Waals surface area contributed by atoms with E-state index in [0.717, 1.165) is 6.42 Å². The minimum absolute atomic E-state index is 0.112. The molecule has 0 aromatic carbocycles. The second-order valence-corrected chi connectivity index (χ2v) is 2.60. The molecule has 0 spiro atoms. The van der Waals surface area contributed by atoms with Gasteiger partial charge < -0.3 is 0 Å². The van der Waals surface area contributed by atoms with Gasteiger partial charge in [0.25, 0.3) is 0 Å². The molecule has 0 aromatic heterocycles. The lowest BCUT2D eigenvalue weighted by molar-refractivity contribution is -0.117. The quantitative estimate of drug-likeness (QED) is 0.357. The highest BCUT2D eigenvalue weighted by molar-refractivity contribution is 5.87. The van der Waals surface area contributed by atoms with Crippen LogP contribution in [0.2, 0.25) is 0 Å². The fraction of sp³-hybridized carbons (Fsp3) is 0.625. The third-order valence-electron chi connectivity index (χ3n) is 1.50. The molecule has 0 aliphatic rings. The van der Waals surface area contributed by atoms with Gasteiger partial charge in [0, 0.05) is 6.42 Å². The maximum Gasteiger partial charge on any atom is 0.247 e. The lowest BCUT2D eigenvalue weighted by atomic mass is 10.3. The molecule has 3 nitrogen and oxygen atoms in total. The summed E-state index contributed by atoms with van der Waals surface area (Å²) in [5, 5.41) is 2.78. The Kier molecular flexibility index (Phi) is 4.54. The summed E-state index contributed by atoms with van der Waals surface area (Å²) in [6.07, 6.45) is 2.29. The van der Waals surface area contributed by atoms with Gasteiger partial charge in [0.05, 0.1) is 0 Å². The first-order valence-electron chi connectivity index (χ1n) is 3.71. The van der Waals surface area contributed by atoms with Crippen LogP contribution in [0.1, 0.15) is 13.3 Å². The molecule has 1 unspecified atom stereocenters. The number of rotatable bonds is 4. The number of hydrogen-bond donors (Lipinski definition) is 1. The molecule has 11 heavy (non-hydrogen) atoms. The molecule has 0 saturated carbocycles. The largest absolute Gasteiger partial charge is 0.299 e. The number of hydrogen-bond acceptors (Lipinski definition) is 2. The van der Waals surface area contributed by atoms with Crippen LogP contribution in [-0.2, 0) is 4.79 Å². The SMILES string of the molecule is C=CC(=O)NC(CC)[N+](C)C. The number of amides is 1. The van der Waals surface area contributed by atoms with Crippen LogP contribution in [0, 0.1) is 0 Å². The van der Waals surface area contributed by atoms with Crippen molar-refractivity contribution in [2.75, 3.05) is 14.1 Å². The zero-order chi connectivity index (χ0) is 8.85. The van der Waals surface area contributed by atoms with Gasteiger partial charge in [0.1, 0.15) is 14.1 Å². The van der Waals surface area contributed by atoms with Crippen molar-refractivity contribution in [1.29, 1.82) is 0 Å². The van der Waals surface area contributed by atoms with Crippen molar-refractivity contribution in [3.05, 3.63) is 12.7 Å². The van der Waals surface area contributed by atoms with Crippen LogP contribution < -0.4 is 10.2 Å². The van der Waals surface area contributed by atoms with E-state index in [1.165, 1.54) is 6.08 Å². The Balaban J connectivity index is 3.87. The molecule has 0 aliphatic carbocycles. The van der Waals surface area contributed by atoms with Crippen LogP contribution >= 0.6 is 0 Å². The molecule has 1 N–H and O–H groups in total. The Labute approximate surface area is 68.1 Å². The highest BCUT2D eigenvalue weighted by Gasteiger charge is 2.17. The number of nitrogens with zero attached hydrogens (tertiary/aromatic N) is 1. The van der Waals surface area contributed by atoms with E-state index in [-0.39, 0.29) is 12.1 Å². The van der Waals surface area contributed by atoms with E-state index < -0.39 is 0 Å². The predicted octanol–water partition coefficient (Wildman–Crippen LogP) is 0.424. The minimum atomic E-state index is -0.120. The van der Waals surface area contributed by atoms with Crippen molar-refractivity contribution in [3.63, 3.8) is 0 Å². The summed E-state index contributed by atoms with van der Waals surface area (Å²) in [5.41, 5.74) is 0. The van der Waals surface area contributed by atoms with Gasteiger partial charge in [-0.3, -0.25) is 10.1 Å².